The molecular formula is C79H130O17P2. The van der Waals surface area contributed by atoms with Crippen LogP contribution in [0.2, 0.25) is 0 Å². The molecule has 17 nitrogen and oxygen atoms in total. The maximum atomic E-state index is 13.1. The number of hydrogen-bond acceptors (Lipinski definition) is 15. The average molecular weight is 1410 g/mol. The number of esters is 4. The number of carbonyl (C=O) groups excluding carboxylic acids is 4. The molecule has 0 aliphatic heterocycles. The summed E-state index contributed by atoms with van der Waals surface area (Å²) in [6.45, 7) is 4.39. The van der Waals surface area contributed by atoms with Crippen LogP contribution in [-0.4, -0.2) is 96.7 Å². The van der Waals surface area contributed by atoms with E-state index in [0.717, 1.165) is 161 Å². The van der Waals surface area contributed by atoms with Crippen molar-refractivity contribution in [2.75, 3.05) is 39.6 Å². The van der Waals surface area contributed by atoms with Gasteiger partial charge in [0.2, 0.25) is 0 Å². The van der Waals surface area contributed by atoms with E-state index in [4.69, 9.17) is 37.0 Å². The van der Waals surface area contributed by atoms with Gasteiger partial charge in [-0.2, -0.15) is 0 Å². The fourth-order valence-electron chi connectivity index (χ4n) is 9.18. The molecule has 0 aromatic rings. The van der Waals surface area contributed by atoms with E-state index in [9.17, 15) is 43.2 Å². The van der Waals surface area contributed by atoms with Gasteiger partial charge in [-0.3, -0.25) is 37.3 Å². The van der Waals surface area contributed by atoms with Crippen molar-refractivity contribution < 1.29 is 80.2 Å². The molecule has 0 rings (SSSR count). The lowest BCUT2D eigenvalue weighted by Crippen LogP contribution is -2.30. The Morgan fingerprint density at radius 3 is 0.959 bits per heavy atom. The molecule has 0 bridgehead atoms. The van der Waals surface area contributed by atoms with E-state index in [2.05, 4.69) is 149 Å². The maximum absolute atomic E-state index is 13.1. The first kappa shape index (κ1) is 92.9. The van der Waals surface area contributed by atoms with Crippen LogP contribution in [0.4, 0.5) is 0 Å². The van der Waals surface area contributed by atoms with Gasteiger partial charge in [0.05, 0.1) is 32.8 Å². The number of aliphatic hydroxyl groups is 1. The predicted molar refractivity (Wildman–Crippen MR) is 399 cm³/mol. The molecule has 5 unspecified atom stereocenters. The highest BCUT2D eigenvalue weighted by Crippen LogP contribution is 2.45. The summed E-state index contributed by atoms with van der Waals surface area (Å²) < 4.78 is 68.2. The van der Waals surface area contributed by atoms with E-state index in [0.29, 0.717) is 25.7 Å². The third-order valence-corrected chi connectivity index (χ3v) is 16.7. The van der Waals surface area contributed by atoms with E-state index in [-0.39, 0.29) is 25.7 Å². The average Bonchev–Trinajstić information content (AvgIpc) is 0.972. The lowest BCUT2D eigenvalue weighted by atomic mass is 10.1. The quantitative estimate of drug-likeness (QED) is 0.0169. The van der Waals surface area contributed by atoms with Crippen molar-refractivity contribution in [3.8, 4) is 0 Å². The molecule has 0 fully saturated rings. The monoisotopic (exact) mass is 1410 g/mol. The van der Waals surface area contributed by atoms with Crippen LogP contribution in [0, 0.1) is 0 Å². The Morgan fingerprint density at radius 2 is 0.582 bits per heavy atom. The van der Waals surface area contributed by atoms with Crippen LogP contribution in [0.25, 0.3) is 0 Å². The van der Waals surface area contributed by atoms with E-state index < -0.39 is 97.5 Å². The van der Waals surface area contributed by atoms with Crippen LogP contribution in [0.1, 0.15) is 272 Å². The smallest absolute Gasteiger partial charge is 0.462 e. The summed E-state index contributed by atoms with van der Waals surface area (Å²) in [6.07, 6.45) is 78.9. The molecule has 0 spiro atoms. The molecule has 19 heteroatoms. The van der Waals surface area contributed by atoms with Gasteiger partial charge >= 0.3 is 39.5 Å². The van der Waals surface area contributed by atoms with Gasteiger partial charge in [-0.25, -0.2) is 9.13 Å². The molecule has 0 aromatic heterocycles. The first-order valence-corrected chi connectivity index (χ1v) is 40.1. The largest absolute Gasteiger partial charge is 0.472 e. The van der Waals surface area contributed by atoms with Crippen molar-refractivity contribution >= 4 is 39.5 Å². The summed E-state index contributed by atoms with van der Waals surface area (Å²) >= 11 is 0. The molecule has 5 atom stereocenters. The third-order valence-electron chi connectivity index (χ3n) is 14.8. The summed E-state index contributed by atoms with van der Waals surface area (Å²) in [5.41, 5.74) is 0. The summed E-state index contributed by atoms with van der Waals surface area (Å²) in [5.74, 6) is -2.39. The second-order valence-electron chi connectivity index (χ2n) is 24.1. The molecule has 0 aromatic carbocycles. The number of unbranched alkanes of at least 4 members (excludes halogenated alkanes) is 19. The standard InChI is InChI=1S/C79H130O17P2/c1-5-9-13-17-21-25-29-32-34-35-36-37-39-42-45-48-52-56-60-64-77(82)90-70-75(96-79(84)66-62-58-54-50-46-40-31-27-23-19-15-11-7-3)72-94-98(87,88)92-68-73(80)67-91-97(85,86)93-71-74(95-78(83)65-61-57-53-49-43-28-24-20-16-12-8-4)69-89-76(81)63-59-55-51-47-44-41-38-33-30-26-22-18-14-10-6-2/h9-10,13-14,20-22,24-27,31-34,36-38,42,44-45,47,55,59,73-75,80H,5-8,11-12,15-19,23,28-30,35,39-41,43,46,48-54,56-58,60-72H2,1-4H3,(H,85,86)(H,87,88)/b13-9-,14-10-,24-20-,25-21-,26-22-,31-27-,34-32-,37-36-,38-33-,45-42-,47-44-,59-55-. The minimum absolute atomic E-state index is 0.0605. The van der Waals surface area contributed by atoms with Crippen molar-refractivity contribution in [1.29, 1.82) is 0 Å². The molecule has 0 radical (unpaired) electrons. The number of carbonyl (C=O) groups is 4. The highest BCUT2D eigenvalue weighted by molar-refractivity contribution is 7.47. The second kappa shape index (κ2) is 70.4. The van der Waals surface area contributed by atoms with Crippen molar-refractivity contribution in [1.82, 2.24) is 0 Å². The van der Waals surface area contributed by atoms with E-state index >= 15 is 0 Å². The zero-order chi connectivity index (χ0) is 71.8. The molecule has 0 heterocycles. The van der Waals surface area contributed by atoms with E-state index in [1.165, 1.54) is 32.1 Å². The Labute approximate surface area is 592 Å². The topological polar surface area (TPSA) is 237 Å². The highest BCUT2D eigenvalue weighted by atomic mass is 31.2. The molecule has 558 valence electrons. The molecule has 0 amide bonds. The number of phosphoric ester groups is 2. The Morgan fingerprint density at radius 1 is 0.306 bits per heavy atom. The van der Waals surface area contributed by atoms with Crippen LogP contribution in [0.15, 0.2) is 146 Å². The van der Waals surface area contributed by atoms with Crippen LogP contribution in [0.3, 0.4) is 0 Å². The Balaban J connectivity index is 5.42. The molecule has 3 N–H and O–H groups in total. The van der Waals surface area contributed by atoms with Gasteiger partial charge in [0.25, 0.3) is 0 Å². The number of ether oxygens (including phenoxy) is 4. The number of rotatable bonds is 68. The molecule has 0 aliphatic rings. The zero-order valence-electron chi connectivity index (χ0n) is 60.7. The SMILES string of the molecule is CC/C=C\C/C=C\C/C=C\C/C=C\C/C=C\CCCCCC(=O)OCC(COP(=O)(O)OCC(O)COP(=O)(O)OCC(COC(=O)C/C=C\C/C=C\C/C=C\C/C=C\C/C=C\CC)OC(=O)CCCCCCC/C=C\CCCC)OC(=O)CCCCCCC/C=C\CCCCCC. The normalized spacial score (nSPS) is 14.8. The molecule has 0 saturated carbocycles. The number of hydrogen-bond donors (Lipinski definition) is 3. The molecule has 98 heavy (non-hydrogen) atoms. The van der Waals surface area contributed by atoms with E-state index in [1.807, 2.05) is 18.2 Å². The van der Waals surface area contributed by atoms with Crippen LogP contribution in [0.5, 0.6) is 0 Å². The van der Waals surface area contributed by atoms with Crippen molar-refractivity contribution in [3.63, 3.8) is 0 Å². The van der Waals surface area contributed by atoms with Crippen molar-refractivity contribution in [2.45, 2.75) is 290 Å². The fraction of sp³-hybridized carbons (Fsp3) is 0.646. The Bertz CT molecular complexity index is 2430. The summed E-state index contributed by atoms with van der Waals surface area (Å²) in [5, 5.41) is 10.6. The van der Waals surface area contributed by atoms with Gasteiger partial charge in [0, 0.05) is 19.3 Å². The second-order valence-corrected chi connectivity index (χ2v) is 27.0. The minimum atomic E-state index is -5.00. The number of phosphoric acid groups is 2. The third kappa shape index (κ3) is 69.4. The molecule has 0 aliphatic carbocycles. The Hall–Kier alpha value is -5.06. The van der Waals surface area contributed by atoms with Gasteiger partial charge in [0.15, 0.2) is 12.2 Å². The molecule has 0 saturated heterocycles. The van der Waals surface area contributed by atoms with Gasteiger partial charge in [-0.05, 0) is 141 Å². The molecular weight excluding hydrogens is 1280 g/mol. The van der Waals surface area contributed by atoms with Gasteiger partial charge < -0.3 is 33.8 Å². The maximum Gasteiger partial charge on any atom is 0.472 e. The van der Waals surface area contributed by atoms with Crippen molar-refractivity contribution in [3.05, 3.63) is 146 Å². The summed E-state index contributed by atoms with van der Waals surface area (Å²) in [4.78, 5) is 72.6. The predicted octanol–water partition coefficient (Wildman–Crippen LogP) is 21.1. The van der Waals surface area contributed by atoms with Gasteiger partial charge in [-0.1, -0.05) is 251 Å². The van der Waals surface area contributed by atoms with Crippen LogP contribution < -0.4 is 0 Å². The zero-order valence-corrected chi connectivity index (χ0v) is 62.4. The van der Waals surface area contributed by atoms with Gasteiger partial charge in [-0.15, -0.1) is 0 Å². The first-order chi connectivity index (χ1) is 47.7. The van der Waals surface area contributed by atoms with Crippen LogP contribution >= 0.6 is 15.6 Å². The number of aliphatic hydroxyl groups excluding tert-OH is 1. The minimum Gasteiger partial charge on any atom is -0.462 e. The van der Waals surface area contributed by atoms with Gasteiger partial charge in [0.1, 0.15) is 19.3 Å². The lowest BCUT2D eigenvalue weighted by Gasteiger charge is -2.21. The fourth-order valence-corrected chi connectivity index (χ4v) is 10.8. The summed E-state index contributed by atoms with van der Waals surface area (Å²) in [6, 6.07) is 0. The van der Waals surface area contributed by atoms with Crippen molar-refractivity contribution in [2.24, 2.45) is 0 Å². The first-order valence-electron chi connectivity index (χ1n) is 37.1. The van der Waals surface area contributed by atoms with E-state index in [1.54, 1.807) is 6.08 Å². The number of allylic oxidation sites excluding steroid dienone is 23. The highest BCUT2D eigenvalue weighted by Gasteiger charge is 2.30. The Kier molecular flexibility index (Phi) is 66.7. The van der Waals surface area contributed by atoms with Crippen LogP contribution in [-0.2, 0) is 65.4 Å². The summed E-state index contributed by atoms with van der Waals surface area (Å²) in [7, 11) is -9.99. The lowest BCUT2D eigenvalue weighted by molar-refractivity contribution is -0.161.